The Kier molecular flexibility index (Phi) is 5.27. The zero-order chi connectivity index (χ0) is 20.2. The first-order valence-electron chi connectivity index (χ1n) is 9.12. The van der Waals surface area contributed by atoms with Crippen molar-refractivity contribution in [2.24, 2.45) is 0 Å². The van der Waals surface area contributed by atoms with Crippen LogP contribution >= 0.6 is 11.3 Å². The Labute approximate surface area is 172 Å². The van der Waals surface area contributed by atoms with Gasteiger partial charge in [-0.1, -0.05) is 42.5 Å². The molecule has 1 heterocycles. The number of amides is 2. The number of hydrogen-bond donors (Lipinski definition) is 3. The highest BCUT2D eigenvalue weighted by molar-refractivity contribution is 7.20. The third-order valence-electron chi connectivity index (χ3n) is 4.44. The van der Waals surface area contributed by atoms with Crippen LogP contribution in [0.4, 0.5) is 17.1 Å². The van der Waals surface area contributed by atoms with Crippen molar-refractivity contribution in [2.45, 2.75) is 6.42 Å². The van der Waals surface area contributed by atoms with Gasteiger partial charge in [-0.2, -0.15) is 0 Å². The molecule has 0 spiro atoms. The fourth-order valence-electron chi connectivity index (χ4n) is 3.00. The van der Waals surface area contributed by atoms with Crippen LogP contribution in [0.15, 0.2) is 78.9 Å². The van der Waals surface area contributed by atoms with Crippen LogP contribution in [0, 0.1) is 0 Å². The minimum Gasteiger partial charge on any atom is -0.397 e. The van der Waals surface area contributed by atoms with E-state index in [0.717, 1.165) is 21.3 Å². The number of anilines is 3. The summed E-state index contributed by atoms with van der Waals surface area (Å²) in [6, 6.07) is 24.2. The zero-order valence-electron chi connectivity index (χ0n) is 15.5. The Morgan fingerprint density at radius 1 is 0.862 bits per heavy atom. The molecule has 0 radical (unpaired) electrons. The Morgan fingerprint density at radius 2 is 1.62 bits per heavy atom. The van der Waals surface area contributed by atoms with E-state index in [1.807, 2.05) is 66.7 Å². The monoisotopic (exact) mass is 401 g/mol. The average molecular weight is 401 g/mol. The second kappa shape index (κ2) is 8.16. The summed E-state index contributed by atoms with van der Waals surface area (Å²) in [7, 11) is 0. The van der Waals surface area contributed by atoms with Crippen molar-refractivity contribution in [1.29, 1.82) is 0 Å². The number of thiophene rings is 1. The first-order valence-corrected chi connectivity index (χ1v) is 9.93. The molecule has 1 aromatic heterocycles. The molecule has 0 unspecified atom stereocenters. The van der Waals surface area contributed by atoms with Crippen molar-refractivity contribution in [3.05, 3.63) is 89.3 Å². The van der Waals surface area contributed by atoms with E-state index < -0.39 is 0 Å². The largest absolute Gasteiger partial charge is 0.397 e. The predicted molar refractivity (Wildman–Crippen MR) is 119 cm³/mol. The van der Waals surface area contributed by atoms with E-state index in [0.29, 0.717) is 16.3 Å². The minimum atomic E-state index is -0.201. The SMILES string of the molecule is Nc1ccccc1NC(=O)c1cc2ccc(CC(=O)Nc3ccccc3)cc2s1. The molecule has 0 atom stereocenters. The zero-order valence-corrected chi connectivity index (χ0v) is 16.3. The standard InChI is InChI=1S/C23H19N3O2S/c24-18-8-4-5-9-19(18)26-23(28)21-14-16-11-10-15(12-20(16)29-21)13-22(27)25-17-6-2-1-3-7-17/h1-12,14H,13,24H2,(H,25,27)(H,26,28). The van der Waals surface area contributed by atoms with Crippen molar-refractivity contribution in [3.63, 3.8) is 0 Å². The molecular weight excluding hydrogens is 382 g/mol. The number of hydrogen-bond acceptors (Lipinski definition) is 4. The maximum Gasteiger partial charge on any atom is 0.265 e. The highest BCUT2D eigenvalue weighted by atomic mass is 32.1. The van der Waals surface area contributed by atoms with Crippen LogP contribution in [0.3, 0.4) is 0 Å². The predicted octanol–water partition coefficient (Wildman–Crippen LogP) is 4.92. The van der Waals surface area contributed by atoms with E-state index in [9.17, 15) is 9.59 Å². The van der Waals surface area contributed by atoms with Gasteiger partial charge in [0.15, 0.2) is 0 Å². The van der Waals surface area contributed by atoms with Crippen LogP contribution in [0.2, 0.25) is 0 Å². The van der Waals surface area contributed by atoms with Crippen molar-refractivity contribution < 1.29 is 9.59 Å². The third-order valence-corrected chi connectivity index (χ3v) is 5.54. The van der Waals surface area contributed by atoms with E-state index in [-0.39, 0.29) is 18.2 Å². The Hall–Kier alpha value is -3.64. The number of carbonyl (C=O) groups excluding carboxylic acids is 2. The van der Waals surface area contributed by atoms with Crippen LogP contribution in [0.25, 0.3) is 10.1 Å². The summed E-state index contributed by atoms with van der Waals surface area (Å²) in [5.41, 5.74) is 8.67. The van der Waals surface area contributed by atoms with Crippen LogP contribution in [-0.2, 0) is 11.2 Å². The van der Waals surface area contributed by atoms with Gasteiger partial charge >= 0.3 is 0 Å². The second-order valence-corrected chi connectivity index (χ2v) is 7.70. The summed E-state index contributed by atoms with van der Waals surface area (Å²) in [6.07, 6.45) is 0.269. The molecule has 0 saturated carbocycles. The van der Waals surface area contributed by atoms with Crippen LogP contribution in [0.5, 0.6) is 0 Å². The molecule has 0 saturated heterocycles. The molecule has 0 fully saturated rings. The lowest BCUT2D eigenvalue weighted by Gasteiger charge is -2.06. The van der Waals surface area contributed by atoms with Gasteiger partial charge in [0, 0.05) is 10.4 Å². The quantitative estimate of drug-likeness (QED) is 0.415. The minimum absolute atomic E-state index is 0.0791. The van der Waals surface area contributed by atoms with Crippen molar-refractivity contribution >= 4 is 50.3 Å². The molecular formula is C23H19N3O2S. The van der Waals surface area contributed by atoms with Gasteiger partial charge in [-0.05, 0) is 47.3 Å². The summed E-state index contributed by atoms with van der Waals surface area (Å²) >= 11 is 1.39. The topological polar surface area (TPSA) is 84.2 Å². The van der Waals surface area contributed by atoms with Gasteiger partial charge in [-0.15, -0.1) is 11.3 Å². The molecule has 4 N–H and O–H groups in total. The molecule has 4 aromatic rings. The van der Waals surface area contributed by atoms with Crippen molar-refractivity contribution in [3.8, 4) is 0 Å². The summed E-state index contributed by atoms with van der Waals surface area (Å²) in [4.78, 5) is 25.5. The molecule has 144 valence electrons. The van der Waals surface area contributed by atoms with E-state index in [4.69, 9.17) is 5.73 Å². The number of rotatable bonds is 5. The lowest BCUT2D eigenvalue weighted by molar-refractivity contribution is -0.115. The Bertz CT molecular complexity index is 1190. The van der Waals surface area contributed by atoms with Crippen molar-refractivity contribution in [1.82, 2.24) is 0 Å². The fraction of sp³-hybridized carbons (Fsp3) is 0.0435. The third kappa shape index (κ3) is 4.44. The maximum absolute atomic E-state index is 12.6. The summed E-state index contributed by atoms with van der Waals surface area (Å²) in [6.45, 7) is 0. The molecule has 4 rings (SSSR count). The number of nitrogens with two attached hydrogens (primary N) is 1. The van der Waals surface area contributed by atoms with Gasteiger partial charge in [0.1, 0.15) is 0 Å². The first kappa shape index (κ1) is 18.7. The number of nitrogen functional groups attached to an aromatic ring is 1. The molecule has 29 heavy (non-hydrogen) atoms. The smallest absolute Gasteiger partial charge is 0.265 e. The average Bonchev–Trinajstić information content (AvgIpc) is 3.14. The fourth-order valence-corrected chi connectivity index (χ4v) is 4.03. The normalized spacial score (nSPS) is 10.6. The number of fused-ring (bicyclic) bond motifs is 1. The Morgan fingerprint density at radius 3 is 2.41 bits per heavy atom. The van der Waals surface area contributed by atoms with Gasteiger partial charge in [-0.3, -0.25) is 9.59 Å². The van der Waals surface area contributed by atoms with Gasteiger partial charge in [0.2, 0.25) is 5.91 Å². The molecule has 5 nitrogen and oxygen atoms in total. The molecule has 3 aromatic carbocycles. The number of carbonyl (C=O) groups is 2. The summed E-state index contributed by atoms with van der Waals surface area (Å²) < 4.78 is 0.959. The van der Waals surface area contributed by atoms with Gasteiger partial charge < -0.3 is 16.4 Å². The van der Waals surface area contributed by atoms with Gasteiger partial charge in [0.25, 0.3) is 5.91 Å². The molecule has 0 aliphatic rings. The van der Waals surface area contributed by atoms with Crippen molar-refractivity contribution in [2.75, 3.05) is 16.4 Å². The van der Waals surface area contributed by atoms with Crippen LogP contribution in [-0.4, -0.2) is 11.8 Å². The van der Waals surface area contributed by atoms with Gasteiger partial charge in [0.05, 0.1) is 22.7 Å². The maximum atomic E-state index is 12.6. The summed E-state index contributed by atoms with van der Waals surface area (Å²) in [5, 5.41) is 6.69. The highest BCUT2D eigenvalue weighted by Gasteiger charge is 2.13. The van der Waals surface area contributed by atoms with Crippen LogP contribution < -0.4 is 16.4 Å². The number of para-hydroxylation sites is 3. The van der Waals surface area contributed by atoms with Crippen LogP contribution in [0.1, 0.15) is 15.2 Å². The summed E-state index contributed by atoms with van der Waals surface area (Å²) in [5.74, 6) is -0.280. The molecule has 6 heteroatoms. The first-order chi connectivity index (χ1) is 14.1. The lowest BCUT2D eigenvalue weighted by Crippen LogP contribution is -2.14. The lowest BCUT2D eigenvalue weighted by atomic mass is 10.1. The Balaban J connectivity index is 1.48. The molecule has 0 aliphatic carbocycles. The molecule has 2 amide bonds. The number of nitrogens with one attached hydrogen (secondary N) is 2. The van der Waals surface area contributed by atoms with Gasteiger partial charge in [-0.25, -0.2) is 0 Å². The highest BCUT2D eigenvalue weighted by Crippen LogP contribution is 2.28. The number of benzene rings is 3. The molecule has 0 bridgehead atoms. The molecule has 0 aliphatic heterocycles. The van der Waals surface area contributed by atoms with E-state index in [2.05, 4.69) is 10.6 Å². The van der Waals surface area contributed by atoms with E-state index >= 15 is 0 Å². The van der Waals surface area contributed by atoms with E-state index in [1.165, 1.54) is 11.3 Å². The van der Waals surface area contributed by atoms with E-state index in [1.54, 1.807) is 12.1 Å². The second-order valence-electron chi connectivity index (χ2n) is 6.62.